The number of methoxy groups -OCH3 is 1. The topological polar surface area (TPSA) is 41.9 Å². The first-order valence-electron chi connectivity index (χ1n) is 6.76. The predicted octanol–water partition coefficient (Wildman–Crippen LogP) is 1.38. The Balaban J connectivity index is 2.37. The highest BCUT2D eigenvalue weighted by molar-refractivity contribution is 5.39. The maximum Gasteiger partial charge on any atom is 0.120 e. The molecule has 0 aliphatic heterocycles. The monoisotopic (exact) mass is 277 g/mol. The molecule has 0 saturated carbocycles. The molecule has 4 heteroatoms. The van der Waals surface area contributed by atoms with Gasteiger partial charge in [-0.2, -0.15) is 0 Å². The molecule has 110 valence electrons. The third-order valence-electron chi connectivity index (χ3n) is 2.72. The number of likely N-dealkylation sites (N-methyl/N-ethyl adjacent to an activating group) is 1. The van der Waals surface area contributed by atoms with Gasteiger partial charge in [-0.15, -0.1) is 0 Å². The molecule has 1 aromatic carbocycles. The van der Waals surface area contributed by atoms with Gasteiger partial charge in [-0.3, -0.25) is 0 Å². The van der Waals surface area contributed by atoms with Crippen LogP contribution < -0.4 is 4.74 Å². The molecular weight excluding hydrogens is 254 g/mol. The second-order valence-electron chi connectivity index (χ2n) is 4.45. The van der Waals surface area contributed by atoms with Gasteiger partial charge in [0, 0.05) is 32.2 Å². The Morgan fingerprint density at radius 3 is 2.80 bits per heavy atom. The van der Waals surface area contributed by atoms with E-state index in [2.05, 4.69) is 16.7 Å². The van der Waals surface area contributed by atoms with Crippen LogP contribution >= 0.6 is 0 Å². The highest BCUT2D eigenvalue weighted by atomic mass is 16.5. The van der Waals surface area contributed by atoms with Crippen LogP contribution in [0.15, 0.2) is 24.3 Å². The first-order valence-corrected chi connectivity index (χ1v) is 6.76. The molecule has 1 aromatic rings. The number of benzene rings is 1. The molecule has 0 spiro atoms. The number of rotatable bonds is 8. The summed E-state index contributed by atoms with van der Waals surface area (Å²) in [5, 5.41) is 8.69. The van der Waals surface area contributed by atoms with Gasteiger partial charge in [0.05, 0.1) is 13.2 Å². The number of hydrogen-bond acceptors (Lipinski definition) is 4. The molecule has 1 rings (SSSR count). The van der Waals surface area contributed by atoms with E-state index >= 15 is 0 Å². The van der Waals surface area contributed by atoms with Gasteiger partial charge in [-0.1, -0.05) is 17.9 Å². The summed E-state index contributed by atoms with van der Waals surface area (Å²) in [7, 11) is 3.74. The summed E-state index contributed by atoms with van der Waals surface area (Å²) in [5.41, 5.74) is 0.906. The van der Waals surface area contributed by atoms with Crippen LogP contribution in [0.3, 0.4) is 0 Å². The van der Waals surface area contributed by atoms with Gasteiger partial charge in [0.15, 0.2) is 0 Å². The lowest BCUT2D eigenvalue weighted by molar-refractivity contribution is 0.150. The summed E-state index contributed by atoms with van der Waals surface area (Å²) in [5.74, 6) is 6.71. The SMILES string of the molecule is COCCN(C)CCOc1cccc(C#CCCO)c1. The Morgan fingerprint density at radius 2 is 2.05 bits per heavy atom. The number of nitrogens with zero attached hydrogens (tertiary/aromatic N) is 1. The Bertz CT molecular complexity index is 437. The van der Waals surface area contributed by atoms with Gasteiger partial charge >= 0.3 is 0 Å². The van der Waals surface area contributed by atoms with Crippen molar-refractivity contribution in [2.75, 3.05) is 47.1 Å². The fourth-order valence-corrected chi connectivity index (χ4v) is 1.56. The van der Waals surface area contributed by atoms with E-state index in [1.54, 1.807) is 7.11 Å². The normalized spacial score (nSPS) is 10.2. The van der Waals surface area contributed by atoms with Crippen LogP contribution in [0.1, 0.15) is 12.0 Å². The summed E-state index contributed by atoms with van der Waals surface area (Å²) >= 11 is 0. The first kappa shape index (κ1) is 16.5. The zero-order valence-electron chi connectivity index (χ0n) is 12.3. The van der Waals surface area contributed by atoms with Gasteiger partial charge in [0.25, 0.3) is 0 Å². The van der Waals surface area contributed by atoms with Crippen LogP contribution in [0.5, 0.6) is 5.75 Å². The fourth-order valence-electron chi connectivity index (χ4n) is 1.56. The van der Waals surface area contributed by atoms with Crippen molar-refractivity contribution in [1.82, 2.24) is 4.90 Å². The minimum Gasteiger partial charge on any atom is -0.492 e. The Kier molecular flexibility index (Phi) is 8.48. The van der Waals surface area contributed by atoms with Crippen molar-refractivity contribution in [2.24, 2.45) is 0 Å². The maximum absolute atomic E-state index is 8.69. The van der Waals surface area contributed by atoms with Crippen LogP contribution in [-0.2, 0) is 4.74 Å². The van der Waals surface area contributed by atoms with E-state index in [0.29, 0.717) is 13.0 Å². The van der Waals surface area contributed by atoms with Crippen molar-refractivity contribution in [3.05, 3.63) is 29.8 Å². The molecule has 0 unspecified atom stereocenters. The fraction of sp³-hybridized carbons (Fsp3) is 0.500. The standard InChI is InChI=1S/C16H23NO3/c1-17(9-12-19-2)10-13-20-16-8-5-7-15(14-16)6-3-4-11-18/h5,7-8,14,18H,4,9-13H2,1-2H3. The van der Waals surface area contributed by atoms with Crippen molar-refractivity contribution < 1.29 is 14.6 Å². The highest BCUT2D eigenvalue weighted by Gasteiger charge is 1.99. The Morgan fingerprint density at radius 1 is 1.25 bits per heavy atom. The second kappa shape index (κ2) is 10.3. The van der Waals surface area contributed by atoms with Gasteiger partial charge in [0.2, 0.25) is 0 Å². The maximum atomic E-state index is 8.69. The zero-order chi connectivity index (χ0) is 14.6. The van der Waals surface area contributed by atoms with Crippen LogP contribution in [0.2, 0.25) is 0 Å². The minimum atomic E-state index is 0.0942. The molecule has 0 saturated heterocycles. The predicted molar refractivity (Wildman–Crippen MR) is 79.9 cm³/mol. The van der Waals surface area contributed by atoms with E-state index in [9.17, 15) is 0 Å². The van der Waals surface area contributed by atoms with Crippen LogP contribution in [0, 0.1) is 11.8 Å². The molecule has 1 N–H and O–H groups in total. The summed E-state index contributed by atoms with van der Waals surface area (Å²) in [6.07, 6.45) is 0.495. The Hall–Kier alpha value is -1.54. The zero-order valence-corrected chi connectivity index (χ0v) is 12.3. The summed E-state index contributed by atoms with van der Waals surface area (Å²) in [6, 6.07) is 7.70. The van der Waals surface area contributed by atoms with E-state index < -0.39 is 0 Å². The summed E-state index contributed by atoms with van der Waals surface area (Å²) in [6.45, 7) is 3.20. The van der Waals surface area contributed by atoms with Crippen molar-refractivity contribution in [3.63, 3.8) is 0 Å². The molecule has 0 heterocycles. The van der Waals surface area contributed by atoms with E-state index in [4.69, 9.17) is 14.6 Å². The molecule has 0 bridgehead atoms. The first-order chi connectivity index (χ1) is 9.76. The smallest absolute Gasteiger partial charge is 0.120 e. The van der Waals surface area contributed by atoms with Crippen molar-refractivity contribution in [1.29, 1.82) is 0 Å². The molecule has 0 amide bonds. The number of hydrogen-bond donors (Lipinski definition) is 1. The molecule has 0 aromatic heterocycles. The molecule has 0 fully saturated rings. The molecule has 0 atom stereocenters. The molecule has 0 radical (unpaired) electrons. The van der Waals surface area contributed by atoms with Crippen LogP contribution in [-0.4, -0.2) is 57.1 Å². The molecule has 4 nitrogen and oxygen atoms in total. The van der Waals surface area contributed by atoms with Gasteiger partial charge in [-0.05, 0) is 25.2 Å². The highest BCUT2D eigenvalue weighted by Crippen LogP contribution is 2.12. The van der Waals surface area contributed by atoms with Gasteiger partial charge in [0.1, 0.15) is 12.4 Å². The van der Waals surface area contributed by atoms with E-state index in [1.807, 2.05) is 31.3 Å². The molecule has 0 aliphatic carbocycles. The van der Waals surface area contributed by atoms with E-state index in [-0.39, 0.29) is 6.61 Å². The lowest BCUT2D eigenvalue weighted by Gasteiger charge is -2.16. The number of aliphatic hydroxyl groups is 1. The van der Waals surface area contributed by atoms with Crippen molar-refractivity contribution in [3.8, 4) is 17.6 Å². The average Bonchev–Trinajstić information content (AvgIpc) is 2.46. The van der Waals surface area contributed by atoms with Crippen LogP contribution in [0.4, 0.5) is 0 Å². The minimum absolute atomic E-state index is 0.0942. The average molecular weight is 277 g/mol. The largest absolute Gasteiger partial charge is 0.492 e. The molecular formula is C16H23NO3. The molecule has 0 aliphatic rings. The third kappa shape index (κ3) is 7.15. The van der Waals surface area contributed by atoms with Gasteiger partial charge in [-0.25, -0.2) is 0 Å². The molecule has 20 heavy (non-hydrogen) atoms. The van der Waals surface area contributed by atoms with Crippen LogP contribution in [0.25, 0.3) is 0 Å². The lowest BCUT2D eigenvalue weighted by atomic mass is 10.2. The number of aliphatic hydroxyl groups excluding tert-OH is 1. The van der Waals surface area contributed by atoms with Crippen molar-refractivity contribution >= 4 is 0 Å². The Labute approximate surface area is 121 Å². The quantitative estimate of drug-likeness (QED) is 0.729. The lowest BCUT2D eigenvalue weighted by Crippen LogP contribution is -2.27. The van der Waals surface area contributed by atoms with E-state index in [0.717, 1.165) is 31.0 Å². The third-order valence-corrected chi connectivity index (χ3v) is 2.72. The number of ether oxygens (including phenoxy) is 2. The van der Waals surface area contributed by atoms with Crippen molar-refractivity contribution in [2.45, 2.75) is 6.42 Å². The van der Waals surface area contributed by atoms with Gasteiger partial charge < -0.3 is 19.5 Å². The summed E-state index contributed by atoms with van der Waals surface area (Å²) < 4.78 is 10.7. The summed E-state index contributed by atoms with van der Waals surface area (Å²) in [4.78, 5) is 2.16. The van der Waals surface area contributed by atoms with E-state index in [1.165, 1.54) is 0 Å². The second-order valence-corrected chi connectivity index (χ2v) is 4.45.